The number of rotatable bonds is 4. The highest BCUT2D eigenvalue weighted by atomic mass is 16.5. The van der Waals surface area contributed by atoms with Crippen molar-refractivity contribution in [3.8, 4) is 0 Å². The summed E-state index contributed by atoms with van der Waals surface area (Å²) in [6.45, 7) is 14.7. The van der Waals surface area contributed by atoms with Crippen LogP contribution in [-0.2, 0) is 23.9 Å². The van der Waals surface area contributed by atoms with Gasteiger partial charge in [-0.3, -0.25) is 4.79 Å². The molecule has 0 atom stereocenters. The first-order valence-electron chi connectivity index (χ1n) is 6.78. The molecular formula is C16H25NO5. The molecule has 1 fully saturated rings. The second-order valence-corrected chi connectivity index (χ2v) is 4.10. The summed E-state index contributed by atoms with van der Waals surface area (Å²) in [5, 5.41) is 0. The Morgan fingerprint density at radius 1 is 1.36 bits per heavy atom. The number of hydrogen-bond donors (Lipinski definition) is 0. The maximum absolute atomic E-state index is 10.7. The molecule has 1 heterocycles. The summed E-state index contributed by atoms with van der Waals surface area (Å²) < 4.78 is 8.71. The molecule has 6 heteroatoms. The molecule has 0 N–H and O–H groups in total. The highest BCUT2D eigenvalue weighted by Crippen LogP contribution is 2.08. The number of methoxy groups -OCH3 is 1. The second kappa shape index (κ2) is 13.6. The predicted molar refractivity (Wildman–Crippen MR) is 84.8 cm³/mol. The molecule has 124 valence electrons. The van der Waals surface area contributed by atoms with Crippen molar-refractivity contribution < 1.29 is 23.9 Å². The second-order valence-electron chi connectivity index (χ2n) is 4.10. The Bertz CT molecular complexity index is 413. The van der Waals surface area contributed by atoms with Gasteiger partial charge in [0, 0.05) is 24.6 Å². The van der Waals surface area contributed by atoms with Gasteiger partial charge in [0.25, 0.3) is 0 Å². The zero-order valence-corrected chi connectivity index (χ0v) is 13.6. The van der Waals surface area contributed by atoms with E-state index in [-0.39, 0.29) is 17.8 Å². The molecule has 0 aliphatic carbocycles. The molecule has 0 aromatic rings. The van der Waals surface area contributed by atoms with Gasteiger partial charge < -0.3 is 14.4 Å². The molecule has 1 aliphatic heterocycles. The third-order valence-electron chi connectivity index (χ3n) is 2.32. The highest BCUT2D eigenvalue weighted by molar-refractivity contribution is 5.86. The zero-order chi connectivity index (χ0) is 17.5. The van der Waals surface area contributed by atoms with E-state index in [1.807, 2.05) is 0 Å². The first kappa shape index (κ1) is 21.9. The van der Waals surface area contributed by atoms with Gasteiger partial charge in [0.15, 0.2) is 0 Å². The van der Waals surface area contributed by atoms with Crippen LogP contribution in [0.3, 0.4) is 0 Å². The van der Waals surface area contributed by atoms with Gasteiger partial charge in [0.1, 0.15) is 0 Å². The molecule has 0 radical (unpaired) electrons. The maximum atomic E-state index is 10.7. The monoisotopic (exact) mass is 311 g/mol. The van der Waals surface area contributed by atoms with Crippen LogP contribution in [0.25, 0.3) is 0 Å². The van der Waals surface area contributed by atoms with E-state index in [2.05, 4.69) is 29.2 Å². The van der Waals surface area contributed by atoms with Crippen molar-refractivity contribution in [2.24, 2.45) is 0 Å². The highest BCUT2D eigenvalue weighted by Gasteiger charge is 2.15. The predicted octanol–water partition coefficient (Wildman–Crippen LogP) is 2.22. The minimum atomic E-state index is -0.359. The van der Waals surface area contributed by atoms with Gasteiger partial charge in [-0.15, -0.1) is 0 Å². The maximum Gasteiger partial charge on any atom is 0.332 e. The fourth-order valence-corrected chi connectivity index (χ4v) is 1.24. The van der Waals surface area contributed by atoms with Crippen LogP contribution >= 0.6 is 0 Å². The lowest BCUT2D eigenvalue weighted by Crippen LogP contribution is -2.16. The number of esters is 2. The Morgan fingerprint density at radius 3 is 2.09 bits per heavy atom. The molecule has 0 unspecified atom stereocenters. The number of amides is 1. The zero-order valence-electron chi connectivity index (χ0n) is 13.6. The van der Waals surface area contributed by atoms with E-state index in [0.717, 1.165) is 19.0 Å². The Balaban J connectivity index is 0. The summed E-state index contributed by atoms with van der Waals surface area (Å²) in [6.07, 6.45) is 4.43. The van der Waals surface area contributed by atoms with Gasteiger partial charge in [-0.05, 0) is 26.5 Å². The largest absolute Gasteiger partial charge is 0.466 e. The number of likely N-dealkylation sites (tertiary alicyclic amines) is 1. The molecule has 1 saturated heterocycles. The van der Waals surface area contributed by atoms with Gasteiger partial charge in [0.05, 0.1) is 13.7 Å². The van der Waals surface area contributed by atoms with Crippen molar-refractivity contribution in [3.05, 3.63) is 37.6 Å². The Labute approximate surface area is 132 Å². The van der Waals surface area contributed by atoms with Crippen LogP contribution in [0.1, 0.15) is 26.7 Å². The molecule has 0 aromatic heterocycles. The lowest BCUT2D eigenvalue weighted by atomic mass is 10.4. The number of carbonyl (C=O) groups is 3. The van der Waals surface area contributed by atoms with E-state index in [4.69, 9.17) is 0 Å². The SMILES string of the molecule is C=C(C)C(=O)OC.C=CC(=O)OCC.C=CN1CCCC1=O. The van der Waals surface area contributed by atoms with E-state index in [0.29, 0.717) is 18.6 Å². The number of nitrogens with zero attached hydrogens (tertiary/aromatic N) is 1. The average Bonchev–Trinajstić information content (AvgIpc) is 2.93. The van der Waals surface area contributed by atoms with Crippen LogP contribution in [0.15, 0.2) is 37.6 Å². The Morgan fingerprint density at radius 2 is 1.95 bits per heavy atom. The topological polar surface area (TPSA) is 72.9 Å². The molecule has 1 rings (SSSR count). The molecule has 1 aliphatic rings. The lowest BCUT2D eigenvalue weighted by molar-refractivity contribution is -0.137. The van der Waals surface area contributed by atoms with Crippen molar-refractivity contribution in [1.29, 1.82) is 0 Å². The Kier molecular flexibility index (Phi) is 13.6. The minimum Gasteiger partial charge on any atom is -0.466 e. The van der Waals surface area contributed by atoms with Crippen molar-refractivity contribution in [1.82, 2.24) is 4.90 Å². The smallest absolute Gasteiger partial charge is 0.332 e. The van der Waals surface area contributed by atoms with Crippen molar-refractivity contribution in [3.63, 3.8) is 0 Å². The first-order valence-corrected chi connectivity index (χ1v) is 6.78. The fourth-order valence-electron chi connectivity index (χ4n) is 1.24. The Hall–Kier alpha value is -2.37. The molecular weight excluding hydrogens is 286 g/mol. The molecule has 1 amide bonds. The summed E-state index contributed by atoms with van der Waals surface area (Å²) in [6, 6.07) is 0. The van der Waals surface area contributed by atoms with Gasteiger partial charge in [-0.1, -0.05) is 19.7 Å². The molecule has 0 bridgehead atoms. The molecule has 0 saturated carbocycles. The third kappa shape index (κ3) is 11.5. The van der Waals surface area contributed by atoms with E-state index < -0.39 is 0 Å². The number of hydrogen-bond acceptors (Lipinski definition) is 5. The lowest BCUT2D eigenvalue weighted by Gasteiger charge is -2.05. The van der Waals surface area contributed by atoms with Crippen LogP contribution in [0.2, 0.25) is 0 Å². The molecule has 0 aromatic carbocycles. The molecule has 22 heavy (non-hydrogen) atoms. The van der Waals surface area contributed by atoms with Crippen LogP contribution in [-0.4, -0.2) is 43.0 Å². The van der Waals surface area contributed by atoms with Crippen molar-refractivity contribution in [2.75, 3.05) is 20.3 Å². The van der Waals surface area contributed by atoms with Gasteiger partial charge >= 0.3 is 11.9 Å². The summed E-state index contributed by atoms with van der Waals surface area (Å²) in [7, 11) is 1.33. The van der Waals surface area contributed by atoms with E-state index in [9.17, 15) is 14.4 Å². The van der Waals surface area contributed by atoms with Crippen LogP contribution in [0.5, 0.6) is 0 Å². The van der Waals surface area contributed by atoms with E-state index >= 15 is 0 Å². The van der Waals surface area contributed by atoms with E-state index in [1.165, 1.54) is 7.11 Å². The normalized spacial score (nSPS) is 12.0. The van der Waals surface area contributed by atoms with E-state index in [1.54, 1.807) is 24.9 Å². The van der Waals surface area contributed by atoms with Gasteiger partial charge in [-0.25, -0.2) is 9.59 Å². The van der Waals surface area contributed by atoms with Crippen molar-refractivity contribution >= 4 is 17.8 Å². The van der Waals surface area contributed by atoms with Crippen LogP contribution < -0.4 is 0 Å². The number of carbonyl (C=O) groups excluding carboxylic acids is 3. The summed E-state index contributed by atoms with van der Waals surface area (Å²) in [4.78, 5) is 32.6. The van der Waals surface area contributed by atoms with Gasteiger partial charge in [0.2, 0.25) is 5.91 Å². The fraction of sp³-hybridized carbons (Fsp3) is 0.438. The number of ether oxygens (including phenoxy) is 2. The quantitative estimate of drug-likeness (QED) is 0.588. The first-order chi connectivity index (χ1) is 10.3. The average molecular weight is 311 g/mol. The van der Waals surface area contributed by atoms with Gasteiger partial charge in [-0.2, -0.15) is 0 Å². The molecule has 0 spiro atoms. The van der Waals surface area contributed by atoms with Crippen LogP contribution in [0, 0.1) is 0 Å². The summed E-state index contributed by atoms with van der Waals surface area (Å²) in [5.41, 5.74) is 0.433. The molecule has 6 nitrogen and oxygen atoms in total. The third-order valence-corrected chi connectivity index (χ3v) is 2.32. The summed E-state index contributed by atoms with van der Waals surface area (Å²) >= 11 is 0. The van der Waals surface area contributed by atoms with Crippen LogP contribution in [0.4, 0.5) is 0 Å². The standard InChI is InChI=1S/C6H9NO.2C5H8O2/c1-2-7-5-3-4-6(7)8;1-4(2)5(6)7-3;1-3-5(6)7-4-2/h2H,1,3-5H2;1H2,2-3H3;3H,1,4H2,2H3. The summed E-state index contributed by atoms with van der Waals surface area (Å²) in [5.74, 6) is -0.498. The minimum absolute atomic E-state index is 0.208. The van der Waals surface area contributed by atoms with Crippen molar-refractivity contribution in [2.45, 2.75) is 26.7 Å².